The third-order valence-corrected chi connectivity index (χ3v) is 21.1. The Morgan fingerprint density at radius 3 is 1.19 bits per heavy atom. The molecule has 1 heterocycles. The minimum Gasteiger partial charge on any atom is -0.748 e. The van der Waals surface area contributed by atoms with Gasteiger partial charge in [-0.3, -0.25) is 31.9 Å². The van der Waals surface area contributed by atoms with Gasteiger partial charge in [-0.1, -0.05) is 26.7 Å². The molecule has 18 atom stereocenters. The van der Waals surface area contributed by atoms with E-state index in [1.165, 1.54) is 0 Å². The molecule has 7 fully saturated rings. The minimum atomic E-state index is -4.76. The van der Waals surface area contributed by atoms with Gasteiger partial charge in [0.2, 0.25) is 0 Å². The topological polar surface area (TPSA) is 371 Å². The SMILES string of the molecule is CC1CC(NC2NC(NCCO)NC(NC3CCC(N=NC4CC5C(CCCC5S(=O)(=O)[O-])C(S(=O)(=O)[O-])C4)C(C)C3)N2)CCC1N=NC1CC2C(CCCC2S(=O)(=O)[O-])C(S(=O)(=O)[O-])C1.[Li+].[Li+].[Li+].[Li+]. The molecular weight excluding hydrogens is 973 g/mol. The number of aliphatic hydroxyl groups excluding tert-OH is 1. The second kappa shape index (κ2) is 27.5. The fourth-order valence-corrected chi connectivity index (χ4v) is 17.6. The van der Waals surface area contributed by atoms with E-state index in [4.69, 9.17) is 0 Å². The summed E-state index contributed by atoms with van der Waals surface area (Å²) in [5.74, 6) is -2.74. The molecule has 23 nitrogen and oxygen atoms in total. The molecular formula is C39H68Li4N10O13S4. The van der Waals surface area contributed by atoms with Gasteiger partial charge in [0.05, 0.1) is 92.2 Å². The number of aliphatic hydroxyl groups is 1. The fourth-order valence-electron chi connectivity index (χ4n) is 12.8. The molecule has 70 heavy (non-hydrogen) atoms. The quantitative estimate of drug-likeness (QED) is 0.0455. The zero-order valence-corrected chi connectivity index (χ0v) is 44.7. The summed E-state index contributed by atoms with van der Waals surface area (Å²) in [4.78, 5) is 0. The van der Waals surface area contributed by atoms with Gasteiger partial charge in [0.1, 0.15) is 18.9 Å². The van der Waals surface area contributed by atoms with Crippen molar-refractivity contribution in [2.75, 3.05) is 13.2 Å². The van der Waals surface area contributed by atoms with Gasteiger partial charge in [0, 0.05) is 18.6 Å². The monoisotopic (exact) mass is 1040 g/mol. The van der Waals surface area contributed by atoms with E-state index in [1.807, 2.05) is 0 Å². The molecule has 0 aromatic carbocycles. The average molecular weight is 1040 g/mol. The van der Waals surface area contributed by atoms with E-state index in [-0.39, 0.29) is 175 Å². The normalized spacial score (nSPS) is 40.9. The van der Waals surface area contributed by atoms with Crippen molar-refractivity contribution in [3.63, 3.8) is 0 Å². The molecule has 0 amide bonds. The summed E-state index contributed by atoms with van der Waals surface area (Å²) in [5.41, 5.74) is 0. The van der Waals surface area contributed by atoms with Crippen LogP contribution >= 0.6 is 0 Å². The van der Waals surface area contributed by atoms with Crippen LogP contribution in [0.3, 0.4) is 0 Å². The average Bonchev–Trinajstić information content (AvgIpc) is 3.22. The molecule has 0 spiro atoms. The Bertz CT molecular complexity index is 2050. The number of hydrogen-bond acceptors (Lipinski definition) is 23. The largest absolute Gasteiger partial charge is 1.00 e. The second-order valence-corrected chi connectivity index (χ2v) is 26.6. The molecule has 1 saturated heterocycles. The maximum Gasteiger partial charge on any atom is 1.00 e. The molecule has 31 heteroatoms. The first kappa shape index (κ1) is 65.2. The summed E-state index contributed by atoms with van der Waals surface area (Å²) >= 11 is 0. The number of hydrogen-bond donors (Lipinski definition) is 7. The number of nitrogens with zero attached hydrogens (tertiary/aromatic N) is 4. The van der Waals surface area contributed by atoms with E-state index in [2.05, 4.69) is 66.2 Å². The van der Waals surface area contributed by atoms with Crippen LogP contribution in [0.4, 0.5) is 0 Å². The molecule has 0 bridgehead atoms. The smallest absolute Gasteiger partial charge is 0.748 e. The summed E-state index contributed by atoms with van der Waals surface area (Å²) in [7, 11) is -18.9. The Hall–Kier alpha value is 0.950. The summed E-state index contributed by atoms with van der Waals surface area (Å²) < 4.78 is 147. The van der Waals surface area contributed by atoms with Crippen molar-refractivity contribution in [3.05, 3.63) is 0 Å². The van der Waals surface area contributed by atoms with Crippen LogP contribution in [-0.2, 0) is 40.5 Å². The molecule has 6 saturated carbocycles. The zero-order chi connectivity index (χ0) is 47.8. The van der Waals surface area contributed by atoms with Gasteiger partial charge in [0.25, 0.3) is 0 Å². The van der Waals surface area contributed by atoms with Gasteiger partial charge < -0.3 is 23.3 Å². The van der Waals surface area contributed by atoms with E-state index in [1.54, 1.807) is 0 Å². The van der Waals surface area contributed by atoms with Crippen molar-refractivity contribution >= 4 is 40.5 Å². The van der Waals surface area contributed by atoms with Gasteiger partial charge in [-0.2, -0.15) is 20.5 Å². The van der Waals surface area contributed by atoms with Crippen molar-refractivity contribution in [1.29, 1.82) is 0 Å². The Labute approximate surface area is 462 Å². The molecule has 7 rings (SSSR count). The van der Waals surface area contributed by atoms with Gasteiger partial charge in [-0.05, 0) is 125 Å². The zero-order valence-electron chi connectivity index (χ0n) is 41.5. The first-order valence-corrected chi connectivity index (χ1v) is 29.6. The predicted molar refractivity (Wildman–Crippen MR) is 235 cm³/mol. The molecule has 1 aliphatic heterocycles. The number of rotatable bonds is 15. The second-order valence-electron chi connectivity index (χ2n) is 20.3. The van der Waals surface area contributed by atoms with Crippen molar-refractivity contribution < 1.29 is 132 Å². The minimum absolute atomic E-state index is 0. The molecule has 0 aromatic heterocycles. The third kappa shape index (κ3) is 17.0. The van der Waals surface area contributed by atoms with Crippen LogP contribution in [0.1, 0.15) is 117 Å². The summed E-state index contributed by atoms with van der Waals surface area (Å²) in [6.45, 7) is 4.38. The van der Waals surface area contributed by atoms with Crippen LogP contribution in [0.5, 0.6) is 0 Å². The van der Waals surface area contributed by atoms with E-state index >= 15 is 0 Å². The standard InChI is InChI=1S/C39H72N10O13S4.4Li/c1-21-15-23(9-11-31(21)48-46-25-17-29-27(35(19-25)65(57,58)59)5-3-7-33(29)63(51,52)53)41-38-43-37(40-13-14-50)44-39(45-38)42-24-10-12-32(22(2)16-24)49-47-26-18-30-28(36(20-26)66(60,61)62)6-4-8-34(30)64(54,55)56;;;;/h21-45,50H,3-20H2,1-2H3,(H,51,52,53)(H,54,55,56)(H,57,58,59)(H,60,61,62);;;;/q;4*+1/p-4. The Morgan fingerprint density at radius 2 is 0.843 bits per heavy atom. The Morgan fingerprint density at radius 1 is 0.471 bits per heavy atom. The van der Waals surface area contributed by atoms with E-state index in [0.717, 1.165) is 25.7 Å². The number of azo groups is 2. The molecule has 18 unspecified atom stereocenters. The maximum atomic E-state index is 12.3. The van der Waals surface area contributed by atoms with Gasteiger partial charge in [-0.15, -0.1) is 0 Å². The van der Waals surface area contributed by atoms with Crippen molar-refractivity contribution in [3.8, 4) is 0 Å². The van der Waals surface area contributed by atoms with E-state index in [9.17, 15) is 57.0 Å². The van der Waals surface area contributed by atoms with Crippen LogP contribution in [0, 0.1) is 35.5 Å². The molecule has 0 radical (unpaired) electrons. The fraction of sp³-hybridized carbons (Fsp3) is 1.00. The van der Waals surface area contributed by atoms with E-state index < -0.39 is 97.2 Å². The van der Waals surface area contributed by atoms with E-state index in [0.29, 0.717) is 45.1 Å². The van der Waals surface area contributed by atoms with Crippen LogP contribution in [0.2, 0.25) is 0 Å². The molecule has 380 valence electrons. The van der Waals surface area contributed by atoms with Crippen molar-refractivity contribution in [1.82, 2.24) is 31.9 Å². The first-order valence-electron chi connectivity index (χ1n) is 23.7. The van der Waals surface area contributed by atoms with Crippen LogP contribution in [0.25, 0.3) is 0 Å². The van der Waals surface area contributed by atoms with Crippen LogP contribution in [0.15, 0.2) is 20.5 Å². The van der Waals surface area contributed by atoms with Crippen molar-refractivity contribution in [2.24, 2.45) is 56.0 Å². The number of fused-ring (bicyclic) bond motifs is 2. The summed E-state index contributed by atoms with van der Waals surface area (Å²) in [6, 6.07) is -1.59. The van der Waals surface area contributed by atoms with Crippen LogP contribution in [-0.4, -0.2) is 146 Å². The van der Waals surface area contributed by atoms with Gasteiger partial charge >= 0.3 is 75.4 Å². The van der Waals surface area contributed by atoms with Crippen molar-refractivity contribution in [2.45, 2.75) is 193 Å². The predicted octanol–water partition coefficient (Wildman–Crippen LogP) is -11.8. The molecule has 0 aromatic rings. The Balaban J connectivity index is 0.00000324. The van der Waals surface area contributed by atoms with Gasteiger partial charge in [0.15, 0.2) is 0 Å². The molecule has 7 N–H and O–H groups in total. The summed E-state index contributed by atoms with van der Waals surface area (Å²) in [6.07, 6.45) is 5.26. The van der Waals surface area contributed by atoms with Crippen LogP contribution < -0.4 is 107 Å². The summed E-state index contributed by atoms with van der Waals surface area (Å²) in [5, 5.41) is 43.7. The van der Waals surface area contributed by atoms with Gasteiger partial charge in [-0.25, -0.2) is 33.7 Å². The third-order valence-electron chi connectivity index (χ3n) is 15.9. The first-order chi connectivity index (χ1) is 31.0. The molecule has 7 aliphatic rings. The number of nitrogens with one attached hydrogen (secondary N) is 6. The molecule has 6 aliphatic carbocycles. The maximum absolute atomic E-state index is 12.3. The Kier molecular flexibility index (Phi) is 25.6.